The van der Waals surface area contributed by atoms with Crippen LogP contribution in [-0.2, 0) is 0 Å². The average molecular weight is 253 g/mol. The Kier molecular flexibility index (Phi) is 9.33. The smallest absolute Gasteiger partial charge is 0.121 e. The fourth-order valence-electron chi connectivity index (χ4n) is 1.67. The van der Waals surface area contributed by atoms with Gasteiger partial charge in [-0.05, 0) is 38.4 Å². The molecule has 0 saturated carbocycles. The highest BCUT2D eigenvalue weighted by molar-refractivity contribution is 5.35. The Morgan fingerprint density at radius 2 is 1.94 bits per heavy atom. The summed E-state index contributed by atoms with van der Waals surface area (Å²) in [6, 6.07) is 6.15. The summed E-state index contributed by atoms with van der Waals surface area (Å²) in [5, 5.41) is 11.7. The number of benzene rings is 1. The molecule has 1 aromatic carbocycles. The van der Waals surface area contributed by atoms with Crippen molar-refractivity contribution in [2.24, 2.45) is 0 Å². The lowest BCUT2D eigenvalue weighted by Crippen LogP contribution is -2.11. The topological polar surface area (TPSA) is 41.5 Å². The van der Waals surface area contributed by atoms with E-state index < -0.39 is 0 Å². The molecule has 1 aliphatic rings. The maximum Gasteiger partial charge on any atom is 0.121 e. The lowest BCUT2D eigenvalue weighted by molar-refractivity contribution is 0.196. The van der Waals surface area contributed by atoms with E-state index in [0.717, 1.165) is 25.3 Å². The van der Waals surface area contributed by atoms with Gasteiger partial charge in [0.05, 0.1) is 13.2 Å². The fourth-order valence-corrected chi connectivity index (χ4v) is 1.67. The summed E-state index contributed by atoms with van der Waals surface area (Å²) in [5.41, 5.74) is 2.47. The van der Waals surface area contributed by atoms with E-state index in [1.165, 1.54) is 11.1 Å². The zero-order valence-electron chi connectivity index (χ0n) is 12.3. The summed E-state index contributed by atoms with van der Waals surface area (Å²) in [4.78, 5) is 0. The predicted octanol–water partition coefficient (Wildman–Crippen LogP) is 2.68. The number of hydrogen-bond donors (Lipinski definition) is 2. The van der Waals surface area contributed by atoms with E-state index in [0.29, 0.717) is 0 Å². The number of β-amino-alcohol motifs (C(OH)–C–C–N with tert-alkyl or cyclic N) is 1. The van der Waals surface area contributed by atoms with E-state index in [9.17, 15) is 0 Å². The van der Waals surface area contributed by atoms with Gasteiger partial charge in [0.25, 0.3) is 0 Å². The van der Waals surface area contributed by atoms with E-state index in [1.54, 1.807) is 7.11 Å². The van der Waals surface area contributed by atoms with E-state index in [2.05, 4.69) is 18.3 Å². The molecule has 1 aliphatic heterocycles. The summed E-state index contributed by atoms with van der Waals surface area (Å²) in [5.74, 6) is 0.964. The zero-order chi connectivity index (χ0) is 14.0. The van der Waals surface area contributed by atoms with E-state index in [-0.39, 0.29) is 6.10 Å². The van der Waals surface area contributed by atoms with E-state index in [1.807, 2.05) is 32.9 Å². The van der Waals surface area contributed by atoms with Crippen LogP contribution in [0.15, 0.2) is 18.2 Å². The molecule has 0 aliphatic carbocycles. The molecule has 2 N–H and O–H groups in total. The number of hydrogen-bond acceptors (Lipinski definition) is 3. The van der Waals surface area contributed by atoms with Crippen molar-refractivity contribution in [2.45, 2.75) is 40.2 Å². The Morgan fingerprint density at radius 3 is 2.28 bits per heavy atom. The summed E-state index contributed by atoms with van der Waals surface area (Å²) in [7, 11) is 1.69. The maximum absolute atomic E-state index is 8.67. The lowest BCUT2D eigenvalue weighted by atomic mass is 10.1. The van der Waals surface area contributed by atoms with Gasteiger partial charge in [0.1, 0.15) is 5.75 Å². The molecule has 0 amide bonds. The SMILES string of the molecule is CC.COc1ccc(C)cc1C.OC1CCNC1. The van der Waals surface area contributed by atoms with Crippen molar-refractivity contribution in [3.8, 4) is 5.75 Å². The molecule has 104 valence electrons. The van der Waals surface area contributed by atoms with Gasteiger partial charge in [-0.2, -0.15) is 0 Å². The molecule has 1 fully saturated rings. The van der Waals surface area contributed by atoms with E-state index in [4.69, 9.17) is 9.84 Å². The van der Waals surface area contributed by atoms with Gasteiger partial charge in [0.2, 0.25) is 0 Å². The molecule has 1 aromatic rings. The van der Waals surface area contributed by atoms with Crippen LogP contribution in [0.3, 0.4) is 0 Å². The number of methoxy groups -OCH3 is 1. The molecule has 2 rings (SSSR count). The van der Waals surface area contributed by atoms with Gasteiger partial charge in [-0.15, -0.1) is 0 Å². The molecule has 3 heteroatoms. The minimum Gasteiger partial charge on any atom is -0.496 e. The van der Waals surface area contributed by atoms with Gasteiger partial charge in [-0.25, -0.2) is 0 Å². The minimum atomic E-state index is -0.0648. The molecule has 3 nitrogen and oxygen atoms in total. The first-order valence-corrected chi connectivity index (χ1v) is 6.63. The van der Waals surface area contributed by atoms with Gasteiger partial charge in [0.15, 0.2) is 0 Å². The van der Waals surface area contributed by atoms with Gasteiger partial charge in [0, 0.05) is 6.54 Å². The molecular weight excluding hydrogens is 226 g/mol. The summed E-state index contributed by atoms with van der Waals surface area (Å²) in [6.07, 6.45) is 0.866. The van der Waals surface area contributed by atoms with E-state index >= 15 is 0 Å². The number of nitrogens with one attached hydrogen (secondary N) is 1. The summed E-state index contributed by atoms with van der Waals surface area (Å²) in [6.45, 7) is 9.90. The van der Waals surface area contributed by atoms with Crippen LogP contribution >= 0.6 is 0 Å². The third-order valence-corrected chi connectivity index (χ3v) is 2.58. The van der Waals surface area contributed by atoms with Crippen molar-refractivity contribution in [1.82, 2.24) is 5.32 Å². The van der Waals surface area contributed by atoms with Crippen molar-refractivity contribution < 1.29 is 9.84 Å². The van der Waals surface area contributed by atoms with Crippen molar-refractivity contribution >= 4 is 0 Å². The normalized spacial score (nSPS) is 17.1. The quantitative estimate of drug-likeness (QED) is 0.808. The standard InChI is InChI=1S/C9H12O.C4H9NO.C2H6/c1-7-4-5-9(10-3)8(2)6-7;6-4-1-2-5-3-4;1-2/h4-6H,1-3H3;4-6H,1-3H2;1-2H3. The number of ether oxygens (including phenoxy) is 1. The van der Waals surface area contributed by atoms with Crippen LogP contribution in [0.25, 0.3) is 0 Å². The maximum atomic E-state index is 8.67. The van der Waals surface area contributed by atoms with Crippen molar-refractivity contribution in [3.05, 3.63) is 29.3 Å². The molecule has 18 heavy (non-hydrogen) atoms. The highest BCUT2D eigenvalue weighted by Gasteiger charge is 2.08. The molecule has 1 unspecified atom stereocenters. The van der Waals surface area contributed by atoms with Crippen LogP contribution < -0.4 is 10.1 Å². The lowest BCUT2D eigenvalue weighted by Gasteiger charge is -2.03. The first-order chi connectivity index (χ1) is 8.63. The molecule has 1 atom stereocenters. The Bertz CT molecular complexity index is 320. The van der Waals surface area contributed by atoms with Gasteiger partial charge in [-0.3, -0.25) is 0 Å². The first kappa shape index (κ1) is 16.9. The second kappa shape index (κ2) is 9.92. The number of aliphatic hydroxyl groups is 1. The molecule has 1 saturated heterocycles. The predicted molar refractivity (Wildman–Crippen MR) is 77.3 cm³/mol. The van der Waals surface area contributed by atoms with Gasteiger partial charge >= 0.3 is 0 Å². The largest absolute Gasteiger partial charge is 0.496 e. The van der Waals surface area contributed by atoms with Crippen LogP contribution in [0, 0.1) is 13.8 Å². The second-order valence-corrected chi connectivity index (χ2v) is 4.12. The van der Waals surface area contributed by atoms with Gasteiger partial charge < -0.3 is 15.2 Å². The molecule has 0 bridgehead atoms. The Labute approximate surface area is 111 Å². The minimum absolute atomic E-state index is 0.0648. The third kappa shape index (κ3) is 6.62. The van der Waals surface area contributed by atoms with Crippen LogP contribution in [0.5, 0.6) is 5.75 Å². The second-order valence-electron chi connectivity index (χ2n) is 4.12. The monoisotopic (exact) mass is 253 g/mol. The van der Waals surface area contributed by atoms with Gasteiger partial charge in [-0.1, -0.05) is 31.5 Å². The van der Waals surface area contributed by atoms with Crippen LogP contribution in [0.2, 0.25) is 0 Å². The highest BCUT2D eigenvalue weighted by atomic mass is 16.5. The molecule has 1 heterocycles. The van der Waals surface area contributed by atoms with Crippen molar-refractivity contribution in [1.29, 1.82) is 0 Å². The molecule has 0 radical (unpaired) electrons. The van der Waals surface area contributed by atoms with Crippen LogP contribution in [0.1, 0.15) is 31.4 Å². The first-order valence-electron chi connectivity index (χ1n) is 6.63. The summed E-state index contributed by atoms with van der Waals surface area (Å²) >= 11 is 0. The Balaban J connectivity index is 0.000000308. The average Bonchev–Trinajstić information content (AvgIpc) is 2.84. The Morgan fingerprint density at radius 1 is 1.28 bits per heavy atom. The Hall–Kier alpha value is -1.06. The fraction of sp³-hybridized carbons (Fsp3) is 0.600. The third-order valence-electron chi connectivity index (χ3n) is 2.58. The van der Waals surface area contributed by atoms with Crippen LogP contribution in [0.4, 0.5) is 0 Å². The number of aryl methyl sites for hydroxylation is 2. The molecule has 0 spiro atoms. The number of rotatable bonds is 1. The highest BCUT2D eigenvalue weighted by Crippen LogP contribution is 2.17. The van der Waals surface area contributed by atoms with Crippen molar-refractivity contribution in [3.63, 3.8) is 0 Å². The van der Waals surface area contributed by atoms with Crippen molar-refractivity contribution in [2.75, 3.05) is 20.2 Å². The number of aliphatic hydroxyl groups excluding tert-OH is 1. The van der Waals surface area contributed by atoms with Crippen LogP contribution in [-0.4, -0.2) is 31.4 Å². The molecule has 0 aromatic heterocycles. The molecular formula is C15H27NO2. The zero-order valence-corrected chi connectivity index (χ0v) is 12.3. The summed E-state index contributed by atoms with van der Waals surface area (Å²) < 4.78 is 5.10.